The summed E-state index contributed by atoms with van der Waals surface area (Å²) in [7, 11) is 1.84. The molecule has 1 amide bonds. The van der Waals surface area contributed by atoms with Crippen LogP contribution < -0.4 is 11.1 Å². The van der Waals surface area contributed by atoms with E-state index in [0.29, 0.717) is 13.0 Å². The first-order valence-electron chi connectivity index (χ1n) is 7.34. The number of aromatic nitrogens is 2. The molecule has 2 aromatic rings. The first-order chi connectivity index (χ1) is 10.2. The van der Waals surface area contributed by atoms with Crippen molar-refractivity contribution in [3.8, 4) is 0 Å². The molecule has 0 aliphatic heterocycles. The molecule has 24 heavy (non-hydrogen) atoms. The standard InChI is InChI=1S/C16H23FN4O.2ClH/c1-16(2,3)14(18)15(22)19-8-7-13-20-11-6-5-10(17)9-12(11)21(13)4;;/h5-6,9,14H,7-8,18H2,1-4H3,(H,19,22);2*1H/t14-;;/m1../s1. The van der Waals surface area contributed by atoms with Crippen molar-refractivity contribution in [1.82, 2.24) is 14.9 Å². The van der Waals surface area contributed by atoms with Crippen molar-refractivity contribution in [2.75, 3.05) is 6.54 Å². The maximum absolute atomic E-state index is 13.3. The van der Waals surface area contributed by atoms with Crippen LogP contribution >= 0.6 is 24.8 Å². The number of nitrogens with two attached hydrogens (primary N) is 1. The SMILES string of the molecule is Cl.Cl.Cn1c(CCNC(=O)[C@@H](N)C(C)(C)C)nc2ccc(F)cc21. The quantitative estimate of drug-likeness (QED) is 0.858. The van der Waals surface area contributed by atoms with E-state index < -0.39 is 6.04 Å². The number of benzene rings is 1. The summed E-state index contributed by atoms with van der Waals surface area (Å²) >= 11 is 0. The summed E-state index contributed by atoms with van der Waals surface area (Å²) in [5, 5.41) is 2.83. The maximum Gasteiger partial charge on any atom is 0.237 e. The third-order valence-electron chi connectivity index (χ3n) is 3.80. The summed E-state index contributed by atoms with van der Waals surface area (Å²) in [5.41, 5.74) is 7.12. The largest absolute Gasteiger partial charge is 0.354 e. The van der Waals surface area contributed by atoms with E-state index in [2.05, 4.69) is 10.3 Å². The van der Waals surface area contributed by atoms with Crippen molar-refractivity contribution in [2.45, 2.75) is 33.2 Å². The zero-order chi connectivity index (χ0) is 16.5. The summed E-state index contributed by atoms with van der Waals surface area (Å²) in [6, 6.07) is 3.95. The molecule has 0 fully saturated rings. The highest BCUT2D eigenvalue weighted by molar-refractivity contribution is 5.85. The Morgan fingerprint density at radius 1 is 1.38 bits per heavy atom. The van der Waals surface area contributed by atoms with Gasteiger partial charge in [-0.15, -0.1) is 24.8 Å². The third kappa shape index (κ3) is 5.06. The van der Waals surface area contributed by atoms with Gasteiger partial charge >= 0.3 is 0 Å². The summed E-state index contributed by atoms with van der Waals surface area (Å²) in [6.45, 7) is 6.23. The highest BCUT2D eigenvalue weighted by Gasteiger charge is 2.27. The van der Waals surface area contributed by atoms with Crippen LogP contribution in [0.1, 0.15) is 26.6 Å². The van der Waals surface area contributed by atoms with Gasteiger partial charge in [0.15, 0.2) is 0 Å². The van der Waals surface area contributed by atoms with Crippen LogP contribution in [0.3, 0.4) is 0 Å². The van der Waals surface area contributed by atoms with E-state index in [0.717, 1.165) is 16.9 Å². The fourth-order valence-electron chi connectivity index (χ4n) is 2.24. The van der Waals surface area contributed by atoms with Gasteiger partial charge in [-0.25, -0.2) is 9.37 Å². The number of imidazole rings is 1. The van der Waals surface area contributed by atoms with Gasteiger partial charge in [0.25, 0.3) is 0 Å². The van der Waals surface area contributed by atoms with Crippen LogP contribution in [-0.2, 0) is 18.3 Å². The molecule has 1 heterocycles. The van der Waals surface area contributed by atoms with Gasteiger partial charge in [-0.3, -0.25) is 4.79 Å². The second-order valence-corrected chi connectivity index (χ2v) is 6.60. The monoisotopic (exact) mass is 378 g/mol. The Morgan fingerprint density at radius 3 is 2.58 bits per heavy atom. The van der Waals surface area contributed by atoms with Crippen LogP contribution in [-0.4, -0.2) is 28.0 Å². The first-order valence-corrected chi connectivity index (χ1v) is 7.34. The molecule has 0 aliphatic rings. The van der Waals surface area contributed by atoms with Crippen molar-refractivity contribution < 1.29 is 9.18 Å². The lowest BCUT2D eigenvalue weighted by Crippen LogP contribution is -2.49. The van der Waals surface area contributed by atoms with Gasteiger partial charge < -0.3 is 15.6 Å². The maximum atomic E-state index is 13.3. The Kier molecular flexibility index (Phi) is 8.15. The Bertz CT molecular complexity index is 697. The van der Waals surface area contributed by atoms with Gasteiger partial charge in [0.05, 0.1) is 17.1 Å². The Morgan fingerprint density at radius 2 is 2.00 bits per heavy atom. The predicted octanol–water partition coefficient (Wildman–Crippen LogP) is 2.59. The molecule has 0 saturated heterocycles. The second-order valence-electron chi connectivity index (χ2n) is 6.60. The van der Waals surface area contributed by atoms with Crippen LogP contribution in [0.5, 0.6) is 0 Å². The lowest BCUT2D eigenvalue weighted by atomic mass is 9.87. The third-order valence-corrected chi connectivity index (χ3v) is 3.80. The number of aryl methyl sites for hydroxylation is 1. The molecule has 2 rings (SSSR count). The Labute approximate surface area is 154 Å². The van der Waals surface area contributed by atoms with Gasteiger partial charge in [-0.05, 0) is 23.6 Å². The van der Waals surface area contributed by atoms with Crippen molar-refractivity contribution in [3.63, 3.8) is 0 Å². The van der Waals surface area contributed by atoms with E-state index in [1.807, 2.05) is 32.4 Å². The number of fused-ring (bicyclic) bond motifs is 1. The first kappa shape index (κ1) is 22.6. The number of halogens is 3. The highest BCUT2D eigenvalue weighted by Crippen LogP contribution is 2.18. The zero-order valence-corrected chi connectivity index (χ0v) is 15.9. The molecule has 0 spiro atoms. The average Bonchev–Trinajstić information content (AvgIpc) is 2.74. The molecule has 0 bridgehead atoms. The molecule has 3 N–H and O–H groups in total. The number of carbonyl (C=O) groups excluding carboxylic acids is 1. The Hall–Kier alpha value is -1.37. The van der Waals surface area contributed by atoms with Crippen molar-refractivity contribution in [2.24, 2.45) is 18.2 Å². The highest BCUT2D eigenvalue weighted by atomic mass is 35.5. The number of rotatable bonds is 4. The number of nitrogens with zero attached hydrogens (tertiary/aromatic N) is 2. The molecule has 1 aromatic carbocycles. The van der Waals surface area contributed by atoms with Crippen LogP contribution in [0.25, 0.3) is 11.0 Å². The minimum atomic E-state index is -0.554. The molecule has 0 saturated carbocycles. The van der Waals surface area contributed by atoms with Crippen molar-refractivity contribution in [1.29, 1.82) is 0 Å². The molecule has 5 nitrogen and oxygen atoms in total. The lowest BCUT2D eigenvalue weighted by Gasteiger charge is -2.25. The fourth-order valence-corrected chi connectivity index (χ4v) is 2.24. The number of hydrogen-bond donors (Lipinski definition) is 2. The van der Waals surface area contributed by atoms with E-state index in [1.165, 1.54) is 12.1 Å². The topological polar surface area (TPSA) is 72.9 Å². The van der Waals surface area contributed by atoms with Gasteiger partial charge in [0, 0.05) is 20.0 Å². The van der Waals surface area contributed by atoms with Gasteiger partial charge in [-0.1, -0.05) is 20.8 Å². The van der Waals surface area contributed by atoms with Crippen LogP contribution in [0.2, 0.25) is 0 Å². The van der Waals surface area contributed by atoms with Crippen molar-refractivity contribution >= 4 is 41.8 Å². The number of nitrogens with one attached hydrogen (secondary N) is 1. The van der Waals surface area contributed by atoms with Crippen molar-refractivity contribution in [3.05, 3.63) is 29.8 Å². The van der Waals surface area contributed by atoms with Gasteiger partial charge in [0.1, 0.15) is 11.6 Å². The fraction of sp³-hybridized carbons (Fsp3) is 0.500. The normalized spacial score (nSPS) is 12.2. The Balaban J connectivity index is 0.00000264. The zero-order valence-electron chi connectivity index (χ0n) is 14.3. The smallest absolute Gasteiger partial charge is 0.237 e. The van der Waals surface area contributed by atoms with Crippen LogP contribution in [0.15, 0.2) is 18.2 Å². The van der Waals surface area contributed by atoms with E-state index in [4.69, 9.17) is 5.73 Å². The molecule has 0 radical (unpaired) electrons. The molecular weight excluding hydrogens is 354 g/mol. The second kappa shape index (κ2) is 8.65. The van der Waals surface area contributed by atoms with Crippen LogP contribution in [0, 0.1) is 11.2 Å². The summed E-state index contributed by atoms with van der Waals surface area (Å²) < 4.78 is 15.1. The summed E-state index contributed by atoms with van der Waals surface area (Å²) in [5.74, 6) is 0.342. The molecule has 0 unspecified atom stereocenters. The predicted molar refractivity (Wildman–Crippen MR) is 99.3 cm³/mol. The molecule has 136 valence electrons. The minimum absolute atomic E-state index is 0. The molecular formula is C16H25Cl2FN4O. The number of amides is 1. The molecule has 0 aliphatic carbocycles. The minimum Gasteiger partial charge on any atom is -0.354 e. The van der Waals surface area contributed by atoms with Gasteiger partial charge in [0.2, 0.25) is 5.91 Å². The summed E-state index contributed by atoms with van der Waals surface area (Å²) in [4.78, 5) is 16.4. The van der Waals surface area contributed by atoms with E-state index in [9.17, 15) is 9.18 Å². The van der Waals surface area contributed by atoms with E-state index in [1.54, 1.807) is 6.07 Å². The summed E-state index contributed by atoms with van der Waals surface area (Å²) in [6.07, 6.45) is 0.565. The van der Waals surface area contributed by atoms with Gasteiger partial charge in [-0.2, -0.15) is 0 Å². The molecule has 1 atom stereocenters. The van der Waals surface area contributed by atoms with E-state index >= 15 is 0 Å². The molecule has 8 heteroatoms. The molecule has 1 aromatic heterocycles. The number of carbonyl (C=O) groups is 1. The number of hydrogen-bond acceptors (Lipinski definition) is 3. The lowest BCUT2D eigenvalue weighted by molar-refractivity contribution is -0.124. The average molecular weight is 379 g/mol. The van der Waals surface area contributed by atoms with Crippen LogP contribution in [0.4, 0.5) is 4.39 Å². The van der Waals surface area contributed by atoms with E-state index in [-0.39, 0.29) is 42.0 Å².